The van der Waals surface area contributed by atoms with E-state index >= 15 is 0 Å². The van der Waals surface area contributed by atoms with Crippen LogP contribution in [0.3, 0.4) is 0 Å². The Morgan fingerprint density at radius 2 is 1.69 bits per heavy atom. The van der Waals surface area contributed by atoms with Gasteiger partial charge in [-0.25, -0.2) is 0 Å². The van der Waals surface area contributed by atoms with Gasteiger partial charge >= 0.3 is 0 Å². The number of ether oxygens (including phenoxy) is 1. The number of hydrogen-bond donors (Lipinski definition) is 0. The Morgan fingerprint density at radius 3 is 2.38 bits per heavy atom. The fraction of sp³-hybridized carbons (Fsp3) is 0.381. The van der Waals surface area contributed by atoms with Crippen molar-refractivity contribution in [3.05, 3.63) is 58.9 Å². The molecule has 2 aromatic carbocycles. The molecule has 0 amide bonds. The first-order valence-corrected chi connectivity index (χ1v) is 9.59. The van der Waals surface area contributed by atoms with E-state index in [4.69, 9.17) is 17.0 Å². The molecule has 0 radical (unpaired) electrons. The van der Waals surface area contributed by atoms with Crippen molar-refractivity contribution in [1.82, 2.24) is 14.0 Å². The van der Waals surface area contributed by atoms with E-state index in [-0.39, 0.29) is 12.2 Å². The minimum Gasteiger partial charge on any atom is -0.373 e. The summed E-state index contributed by atoms with van der Waals surface area (Å²) in [6.07, 6.45) is 0.496. The van der Waals surface area contributed by atoms with Crippen molar-refractivity contribution >= 4 is 23.3 Å². The molecule has 0 bridgehead atoms. The normalized spacial score (nSPS) is 21.3. The van der Waals surface area contributed by atoms with Crippen LogP contribution >= 0.6 is 12.2 Å². The molecular weight excluding hydrogens is 342 g/mol. The standard InChI is InChI=1S/C21H25N3OS/c1-15-7-6-8-18(11-15)24-20-10-5-4-9-19(20)23(21(24)26)14-22-12-16(2)25-17(3)13-22/h4-11,16-17H,12-14H2,1-3H3/t16-,17+. The van der Waals surface area contributed by atoms with E-state index in [1.54, 1.807) is 0 Å². The maximum absolute atomic E-state index is 5.91. The molecule has 1 fully saturated rings. The summed E-state index contributed by atoms with van der Waals surface area (Å²) in [5, 5.41) is 0. The van der Waals surface area contributed by atoms with Crippen LogP contribution in [0.25, 0.3) is 16.7 Å². The number of aromatic nitrogens is 2. The van der Waals surface area contributed by atoms with E-state index in [1.165, 1.54) is 11.1 Å². The van der Waals surface area contributed by atoms with Gasteiger partial charge in [0, 0.05) is 18.8 Å². The van der Waals surface area contributed by atoms with Crippen LogP contribution in [0.1, 0.15) is 19.4 Å². The van der Waals surface area contributed by atoms with E-state index in [0.717, 1.165) is 35.7 Å². The number of benzene rings is 2. The number of aryl methyl sites for hydroxylation is 1. The zero-order chi connectivity index (χ0) is 18.3. The number of para-hydroxylation sites is 2. The monoisotopic (exact) mass is 367 g/mol. The number of rotatable bonds is 3. The third kappa shape index (κ3) is 3.22. The van der Waals surface area contributed by atoms with Crippen LogP contribution in [0.2, 0.25) is 0 Å². The third-order valence-corrected chi connectivity index (χ3v) is 5.34. The molecule has 0 N–H and O–H groups in total. The van der Waals surface area contributed by atoms with Crippen molar-refractivity contribution in [1.29, 1.82) is 0 Å². The smallest absolute Gasteiger partial charge is 0.186 e. The summed E-state index contributed by atoms with van der Waals surface area (Å²) in [6.45, 7) is 9.03. The van der Waals surface area contributed by atoms with Gasteiger partial charge in [0.05, 0.1) is 29.9 Å². The summed E-state index contributed by atoms with van der Waals surface area (Å²) in [6, 6.07) is 17.0. The van der Waals surface area contributed by atoms with Crippen LogP contribution in [0.4, 0.5) is 0 Å². The molecule has 2 heterocycles. The first kappa shape index (κ1) is 17.5. The summed E-state index contributed by atoms with van der Waals surface area (Å²) in [5.74, 6) is 0. The number of morpholine rings is 1. The molecule has 4 rings (SSSR count). The van der Waals surface area contributed by atoms with E-state index in [2.05, 4.69) is 83.3 Å². The fourth-order valence-electron chi connectivity index (χ4n) is 3.96. The second-order valence-corrected chi connectivity index (χ2v) is 7.67. The zero-order valence-electron chi connectivity index (χ0n) is 15.6. The van der Waals surface area contributed by atoms with Crippen molar-refractivity contribution < 1.29 is 4.74 Å². The lowest BCUT2D eigenvalue weighted by molar-refractivity contribution is -0.0763. The molecule has 1 saturated heterocycles. The highest BCUT2D eigenvalue weighted by molar-refractivity contribution is 7.71. The van der Waals surface area contributed by atoms with Gasteiger partial charge in [0.2, 0.25) is 0 Å². The van der Waals surface area contributed by atoms with Gasteiger partial charge < -0.3 is 9.30 Å². The summed E-state index contributed by atoms with van der Waals surface area (Å²) < 4.78 is 11.1. The van der Waals surface area contributed by atoms with Crippen LogP contribution in [-0.4, -0.2) is 39.3 Å². The van der Waals surface area contributed by atoms with Crippen molar-refractivity contribution in [3.8, 4) is 5.69 Å². The van der Waals surface area contributed by atoms with E-state index in [9.17, 15) is 0 Å². The van der Waals surface area contributed by atoms with Gasteiger partial charge in [-0.15, -0.1) is 0 Å². The van der Waals surface area contributed by atoms with E-state index in [1.807, 2.05) is 0 Å². The Balaban J connectivity index is 1.81. The van der Waals surface area contributed by atoms with Gasteiger partial charge in [0.1, 0.15) is 0 Å². The number of imidazole rings is 1. The fourth-order valence-corrected chi connectivity index (χ4v) is 4.32. The molecule has 136 valence electrons. The first-order valence-electron chi connectivity index (χ1n) is 9.18. The zero-order valence-corrected chi connectivity index (χ0v) is 16.4. The van der Waals surface area contributed by atoms with Crippen molar-refractivity contribution in [2.24, 2.45) is 0 Å². The summed E-state index contributed by atoms with van der Waals surface area (Å²) in [4.78, 5) is 2.43. The highest BCUT2D eigenvalue weighted by Gasteiger charge is 2.23. The largest absolute Gasteiger partial charge is 0.373 e. The maximum atomic E-state index is 5.91. The molecule has 0 saturated carbocycles. The molecule has 1 aromatic heterocycles. The minimum absolute atomic E-state index is 0.248. The quantitative estimate of drug-likeness (QED) is 0.635. The van der Waals surface area contributed by atoms with Crippen LogP contribution < -0.4 is 0 Å². The number of hydrogen-bond acceptors (Lipinski definition) is 3. The molecule has 0 spiro atoms. The molecule has 5 heteroatoms. The highest BCUT2D eigenvalue weighted by atomic mass is 32.1. The molecule has 0 unspecified atom stereocenters. The van der Waals surface area contributed by atoms with Gasteiger partial charge in [-0.3, -0.25) is 9.47 Å². The van der Waals surface area contributed by atoms with Crippen LogP contribution in [0, 0.1) is 11.7 Å². The van der Waals surface area contributed by atoms with Crippen LogP contribution in [0.5, 0.6) is 0 Å². The predicted octanol–water partition coefficient (Wildman–Crippen LogP) is 4.54. The summed E-state index contributed by atoms with van der Waals surface area (Å²) >= 11 is 5.91. The van der Waals surface area contributed by atoms with Gasteiger partial charge in [-0.05, 0) is 62.8 Å². The Labute approximate surface area is 159 Å². The lowest BCUT2D eigenvalue weighted by Crippen LogP contribution is -2.45. The SMILES string of the molecule is Cc1cccc(-n2c(=S)n(CN3C[C@@H](C)O[C@@H](C)C3)c3ccccc32)c1. The molecule has 1 aliphatic rings. The Morgan fingerprint density at radius 1 is 1.00 bits per heavy atom. The second-order valence-electron chi connectivity index (χ2n) is 7.31. The summed E-state index contributed by atoms with van der Waals surface area (Å²) in [5.41, 5.74) is 4.67. The third-order valence-electron chi connectivity index (χ3n) is 4.93. The first-order chi connectivity index (χ1) is 12.5. The van der Waals surface area contributed by atoms with Crippen molar-refractivity contribution in [2.75, 3.05) is 13.1 Å². The van der Waals surface area contributed by atoms with Gasteiger partial charge in [-0.2, -0.15) is 0 Å². The van der Waals surface area contributed by atoms with Crippen molar-refractivity contribution in [2.45, 2.75) is 39.6 Å². The number of fused-ring (bicyclic) bond motifs is 1. The van der Waals surface area contributed by atoms with Crippen LogP contribution in [0.15, 0.2) is 48.5 Å². The average Bonchev–Trinajstić information content (AvgIpc) is 2.86. The Hall–Kier alpha value is -1.95. The molecule has 3 aromatic rings. The Bertz CT molecular complexity index is 980. The van der Waals surface area contributed by atoms with Crippen LogP contribution in [-0.2, 0) is 11.4 Å². The topological polar surface area (TPSA) is 22.3 Å². The van der Waals surface area contributed by atoms with E-state index < -0.39 is 0 Å². The molecular formula is C21H25N3OS. The average molecular weight is 368 g/mol. The second kappa shape index (κ2) is 6.99. The molecule has 26 heavy (non-hydrogen) atoms. The van der Waals surface area contributed by atoms with E-state index in [0.29, 0.717) is 0 Å². The maximum Gasteiger partial charge on any atom is 0.186 e. The molecule has 1 aliphatic heterocycles. The summed E-state index contributed by atoms with van der Waals surface area (Å²) in [7, 11) is 0. The highest BCUT2D eigenvalue weighted by Crippen LogP contribution is 2.24. The molecule has 0 aliphatic carbocycles. The Kier molecular flexibility index (Phi) is 4.69. The minimum atomic E-state index is 0.248. The molecule has 2 atom stereocenters. The predicted molar refractivity (Wildman–Crippen MR) is 108 cm³/mol. The lowest BCUT2D eigenvalue weighted by Gasteiger charge is -2.35. The van der Waals surface area contributed by atoms with Crippen molar-refractivity contribution in [3.63, 3.8) is 0 Å². The lowest BCUT2D eigenvalue weighted by atomic mass is 10.2. The molecule has 4 nitrogen and oxygen atoms in total. The van der Waals surface area contributed by atoms with Gasteiger partial charge in [-0.1, -0.05) is 24.3 Å². The van der Waals surface area contributed by atoms with Gasteiger partial charge in [0.15, 0.2) is 4.77 Å². The number of nitrogens with zero attached hydrogens (tertiary/aromatic N) is 3. The van der Waals surface area contributed by atoms with Gasteiger partial charge in [0.25, 0.3) is 0 Å².